The molecule has 0 unspecified atom stereocenters. The Kier molecular flexibility index (Phi) is 5.31. The number of hydrogen-bond donors (Lipinski definition) is 1. The zero-order chi connectivity index (χ0) is 22.1. The van der Waals surface area contributed by atoms with Crippen molar-refractivity contribution in [3.8, 4) is 5.69 Å². The highest BCUT2D eigenvalue weighted by atomic mass is 16.2. The minimum Gasteiger partial charge on any atom is -0.337 e. The van der Waals surface area contributed by atoms with Crippen LogP contribution < -0.4 is 5.69 Å². The van der Waals surface area contributed by atoms with Crippen LogP contribution in [0.25, 0.3) is 16.5 Å². The highest BCUT2D eigenvalue weighted by Gasteiger charge is 2.27. The van der Waals surface area contributed by atoms with Crippen LogP contribution in [0.5, 0.6) is 0 Å². The van der Waals surface area contributed by atoms with Gasteiger partial charge in [-0.3, -0.25) is 9.78 Å². The average Bonchev–Trinajstić information content (AvgIpc) is 3.18. The second-order valence-corrected chi connectivity index (χ2v) is 8.39. The molecule has 162 valence electrons. The number of H-pyrrole nitrogens is 1. The van der Waals surface area contributed by atoms with Gasteiger partial charge in [0, 0.05) is 31.1 Å². The van der Waals surface area contributed by atoms with Gasteiger partial charge in [0.2, 0.25) is 0 Å². The van der Waals surface area contributed by atoms with Crippen LogP contribution in [0.15, 0.2) is 65.6 Å². The normalized spacial score (nSPS) is 14.7. The first-order valence-corrected chi connectivity index (χ1v) is 11.0. The maximum Gasteiger partial charge on any atom is 0.347 e. The largest absolute Gasteiger partial charge is 0.347 e. The average molecular weight is 428 g/mol. The molecule has 1 fully saturated rings. The van der Waals surface area contributed by atoms with Crippen LogP contribution in [0.4, 0.5) is 0 Å². The third-order valence-corrected chi connectivity index (χ3v) is 6.35. The fraction of sp³-hybridized carbons (Fsp3) is 0.280. The van der Waals surface area contributed by atoms with E-state index in [2.05, 4.69) is 15.2 Å². The molecule has 1 saturated heterocycles. The van der Waals surface area contributed by atoms with Crippen LogP contribution in [0, 0.1) is 12.8 Å². The van der Waals surface area contributed by atoms with Crippen LogP contribution >= 0.6 is 0 Å². The van der Waals surface area contributed by atoms with Crippen LogP contribution in [0.1, 0.15) is 34.7 Å². The topological polar surface area (TPSA) is 83.9 Å². The predicted molar refractivity (Wildman–Crippen MR) is 123 cm³/mol. The van der Waals surface area contributed by atoms with Crippen molar-refractivity contribution >= 4 is 16.7 Å². The van der Waals surface area contributed by atoms with Crippen LogP contribution in [0.2, 0.25) is 0 Å². The first-order valence-electron chi connectivity index (χ1n) is 11.0. The summed E-state index contributed by atoms with van der Waals surface area (Å²) in [6, 6.07) is 17.6. The SMILES string of the molecule is Cc1ccccc1-n1c(CC2CCN(C(=O)c3nccc4ccccc34)CC2)n[nH]c1=O. The minimum atomic E-state index is -0.219. The van der Waals surface area contributed by atoms with E-state index in [9.17, 15) is 9.59 Å². The number of likely N-dealkylation sites (tertiary alicyclic amines) is 1. The zero-order valence-corrected chi connectivity index (χ0v) is 18.0. The molecule has 1 aliphatic heterocycles. The Bertz CT molecular complexity index is 1330. The lowest BCUT2D eigenvalue weighted by Gasteiger charge is -2.32. The van der Waals surface area contributed by atoms with Crippen LogP contribution in [-0.4, -0.2) is 43.6 Å². The summed E-state index contributed by atoms with van der Waals surface area (Å²) in [7, 11) is 0. The lowest BCUT2D eigenvalue weighted by molar-refractivity contribution is 0.0686. The smallest absolute Gasteiger partial charge is 0.337 e. The van der Waals surface area contributed by atoms with Crippen LogP contribution in [0.3, 0.4) is 0 Å². The number of aromatic amines is 1. The minimum absolute atomic E-state index is 0.0168. The maximum atomic E-state index is 13.2. The molecule has 0 radical (unpaired) electrons. The number of piperidine rings is 1. The zero-order valence-electron chi connectivity index (χ0n) is 18.0. The van der Waals surface area contributed by atoms with Crippen molar-refractivity contribution in [1.82, 2.24) is 24.6 Å². The summed E-state index contributed by atoms with van der Waals surface area (Å²) in [5.41, 5.74) is 2.18. The van der Waals surface area contributed by atoms with E-state index in [1.165, 1.54) is 0 Å². The number of carbonyl (C=O) groups excluding carboxylic acids is 1. The molecule has 7 nitrogen and oxygen atoms in total. The Balaban J connectivity index is 1.30. The van der Waals surface area contributed by atoms with E-state index < -0.39 is 0 Å². The molecule has 0 spiro atoms. The molecule has 0 aliphatic carbocycles. The number of fused-ring (bicyclic) bond motifs is 1. The third-order valence-electron chi connectivity index (χ3n) is 6.35. The van der Waals surface area contributed by atoms with E-state index in [0.29, 0.717) is 31.1 Å². The molecule has 32 heavy (non-hydrogen) atoms. The van der Waals surface area contributed by atoms with Crippen molar-refractivity contribution in [2.75, 3.05) is 13.1 Å². The molecule has 0 atom stereocenters. The molecule has 0 bridgehead atoms. The second-order valence-electron chi connectivity index (χ2n) is 8.39. The van der Waals surface area contributed by atoms with Gasteiger partial charge in [-0.1, -0.05) is 42.5 Å². The molecule has 2 aromatic carbocycles. The number of para-hydroxylation sites is 1. The van der Waals surface area contributed by atoms with Gasteiger partial charge >= 0.3 is 5.69 Å². The molecule has 1 amide bonds. The number of aryl methyl sites for hydroxylation is 1. The highest BCUT2D eigenvalue weighted by Crippen LogP contribution is 2.25. The highest BCUT2D eigenvalue weighted by molar-refractivity contribution is 6.05. The fourth-order valence-electron chi connectivity index (χ4n) is 4.57. The number of amides is 1. The van der Waals surface area contributed by atoms with Crippen molar-refractivity contribution in [2.24, 2.45) is 5.92 Å². The summed E-state index contributed by atoms with van der Waals surface area (Å²) < 4.78 is 1.67. The van der Waals surface area contributed by atoms with Gasteiger partial charge in [-0.05, 0) is 48.8 Å². The number of hydrogen-bond acceptors (Lipinski definition) is 4. The van der Waals surface area contributed by atoms with E-state index in [4.69, 9.17) is 0 Å². The van der Waals surface area contributed by atoms with E-state index >= 15 is 0 Å². The number of nitrogens with one attached hydrogen (secondary N) is 1. The van der Waals surface area contributed by atoms with Gasteiger partial charge in [-0.25, -0.2) is 14.5 Å². The summed E-state index contributed by atoms with van der Waals surface area (Å²) in [4.78, 5) is 31.9. The van der Waals surface area contributed by atoms with Crippen LogP contribution in [-0.2, 0) is 6.42 Å². The molecule has 2 aromatic heterocycles. The summed E-state index contributed by atoms with van der Waals surface area (Å²) in [6.07, 6.45) is 4.13. The summed E-state index contributed by atoms with van der Waals surface area (Å²) in [5, 5.41) is 8.81. The van der Waals surface area contributed by atoms with Gasteiger partial charge in [0.1, 0.15) is 11.5 Å². The molecule has 0 saturated carbocycles. The lowest BCUT2D eigenvalue weighted by Crippen LogP contribution is -2.39. The maximum absolute atomic E-state index is 13.2. The Morgan fingerprint density at radius 1 is 1.06 bits per heavy atom. The first-order chi connectivity index (χ1) is 15.6. The quantitative estimate of drug-likeness (QED) is 0.540. The Hall–Kier alpha value is -3.74. The van der Waals surface area contributed by atoms with Crippen molar-refractivity contribution in [3.05, 3.63) is 88.4 Å². The van der Waals surface area contributed by atoms with E-state index in [-0.39, 0.29) is 11.6 Å². The number of rotatable bonds is 4. The van der Waals surface area contributed by atoms with E-state index in [0.717, 1.165) is 40.7 Å². The standard InChI is InChI=1S/C25H25N5O2/c1-17-6-2-5-9-21(17)30-22(27-28-25(30)32)16-18-11-14-29(15-12-18)24(31)23-20-8-4-3-7-19(20)10-13-26-23/h2-10,13,18H,11-12,14-16H2,1H3,(H,28,32). The van der Waals surface area contributed by atoms with Gasteiger partial charge in [0.25, 0.3) is 5.91 Å². The Morgan fingerprint density at radius 2 is 1.81 bits per heavy atom. The van der Waals surface area contributed by atoms with Gasteiger partial charge in [-0.15, -0.1) is 0 Å². The molecule has 7 heteroatoms. The third kappa shape index (κ3) is 3.70. The number of nitrogens with zero attached hydrogens (tertiary/aromatic N) is 4. The lowest BCUT2D eigenvalue weighted by atomic mass is 9.92. The molecule has 5 rings (SSSR count). The van der Waals surface area contributed by atoms with Crippen molar-refractivity contribution in [3.63, 3.8) is 0 Å². The number of pyridine rings is 1. The molecular formula is C25H25N5O2. The Labute approximate surface area is 185 Å². The molecule has 3 heterocycles. The van der Waals surface area contributed by atoms with E-state index in [1.807, 2.05) is 66.4 Å². The molecule has 4 aromatic rings. The van der Waals surface area contributed by atoms with Gasteiger partial charge < -0.3 is 4.90 Å². The summed E-state index contributed by atoms with van der Waals surface area (Å²) >= 11 is 0. The van der Waals surface area contributed by atoms with Gasteiger partial charge in [0.05, 0.1) is 5.69 Å². The van der Waals surface area contributed by atoms with E-state index in [1.54, 1.807) is 10.8 Å². The van der Waals surface area contributed by atoms with Crippen molar-refractivity contribution in [2.45, 2.75) is 26.2 Å². The Morgan fingerprint density at radius 3 is 2.62 bits per heavy atom. The van der Waals surface area contributed by atoms with Crippen molar-refractivity contribution in [1.29, 1.82) is 0 Å². The molecule has 1 N–H and O–H groups in total. The monoisotopic (exact) mass is 427 g/mol. The number of benzene rings is 2. The van der Waals surface area contributed by atoms with Gasteiger partial charge in [0.15, 0.2) is 0 Å². The number of carbonyl (C=O) groups is 1. The second kappa shape index (κ2) is 8.42. The first kappa shape index (κ1) is 20.2. The fourth-order valence-corrected chi connectivity index (χ4v) is 4.57. The predicted octanol–water partition coefficient (Wildman–Crippen LogP) is 3.51. The molecular weight excluding hydrogens is 402 g/mol. The molecule has 1 aliphatic rings. The van der Waals surface area contributed by atoms with Crippen molar-refractivity contribution < 1.29 is 4.79 Å². The van der Waals surface area contributed by atoms with Gasteiger partial charge in [-0.2, -0.15) is 5.10 Å². The summed E-state index contributed by atoms with van der Waals surface area (Å²) in [5.74, 6) is 1.08. The summed E-state index contributed by atoms with van der Waals surface area (Å²) in [6.45, 7) is 3.34. The number of aromatic nitrogens is 4.